The fraction of sp³-hybridized carbons (Fsp3) is 0.0833. The predicted octanol–water partition coefficient (Wildman–Crippen LogP) is 5.35. The standard InChI is InChI=1S/C12H7Br2ClOS/c13-8-3-7(4-9(15)5-8)11(16)6-10-1-2-12(14)17-10/h1-5H,6H2. The van der Waals surface area contributed by atoms with Gasteiger partial charge in [-0.15, -0.1) is 11.3 Å². The minimum atomic E-state index is 0.0718. The fourth-order valence-electron chi connectivity index (χ4n) is 1.42. The minimum Gasteiger partial charge on any atom is -0.294 e. The van der Waals surface area contributed by atoms with Crippen LogP contribution < -0.4 is 0 Å². The molecule has 2 aromatic rings. The Kier molecular flexibility index (Phi) is 4.42. The zero-order valence-corrected chi connectivity index (χ0v) is 13.3. The molecular weight excluding hydrogens is 387 g/mol. The number of halogens is 3. The summed E-state index contributed by atoms with van der Waals surface area (Å²) in [5.41, 5.74) is 0.633. The molecule has 88 valence electrons. The average molecular weight is 395 g/mol. The molecule has 1 nitrogen and oxygen atoms in total. The van der Waals surface area contributed by atoms with Crippen molar-refractivity contribution in [1.29, 1.82) is 0 Å². The van der Waals surface area contributed by atoms with Gasteiger partial charge in [0.05, 0.1) is 3.79 Å². The summed E-state index contributed by atoms with van der Waals surface area (Å²) in [5.74, 6) is 0.0718. The number of thiophene rings is 1. The van der Waals surface area contributed by atoms with Crippen LogP contribution in [-0.4, -0.2) is 5.78 Å². The maximum Gasteiger partial charge on any atom is 0.168 e. The summed E-state index contributed by atoms with van der Waals surface area (Å²) >= 11 is 14.2. The average Bonchev–Trinajstić information content (AvgIpc) is 2.62. The summed E-state index contributed by atoms with van der Waals surface area (Å²) in [6, 6.07) is 9.14. The highest BCUT2D eigenvalue weighted by Gasteiger charge is 2.10. The second-order valence-electron chi connectivity index (χ2n) is 3.46. The smallest absolute Gasteiger partial charge is 0.168 e. The van der Waals surface area contributed by atoms with E-state index in [9.17, 15) is 4.79 Å². The summed E-state index contributed by atoms with van der Waals surface area (Å²) in [7, 11) is 0. The van der Waals surface area contributed by atoms with Crippen molar-refractivity contribution in [3.8, 4) is 0 Å². The lowest BCUT2D eigenvalue weighted by Gasteiger charge is -2.01. The SMILES string of the molecule is O=C(Cc1ccc(Br)s1)c1cc(Cl)cc(Br)c1. The number of carbonyl (C=O) groups excluding carboxylic acids is 1. The van der Waals surface area contributed by atoms with Crippen LogP contribution in [0.25, 0.3) is 0 Å². The van der Waals surface area contributed by atoms with Crippen molar-refractivity contribution in [2.45, 2.75) is 6.42 Å². The molecule has 0 bridgehead atoms. The Morgan fingerprint density at radius 2 is 2.00 bits per heavy atom. The highest BCUT2D eigenvalue weighted by Crippen LogP contribution is 2.25. The van der Waals surface area contributed by atoms with Crippen LogP contribution in [0.5, 0.6) is 0 Å². The number of rotatable bonds is 3. The van der Waals surface area contributed by atoms with Crippen LogP contribution in [0.3, 0.4) is 0 Å². The molecule has 0 unspecified atom stereocenters. The van der Waals surface area contributed by atoms with Crippen LogP contribution in [0.4, 0.5) is 0 Å². The summed E-state index contributed by atoms with van der Waals surface area (Å²) < 4.78 is 1.85. The lowest BCUT2D eigenvalue weighted by atomic mass is 10.1. The lowest BCUT2D eigenvalue weighted by Crippen LogP contribution is -2.02. The van der Waals surface area contributed by atoms with E-state index in [1.165, 1.54) is 0 Å². The summed E-state index contributed by atoms with van der Waals surface area (Å²) in [5, 5.41) is 0.565. The number of Topliss-reactive ketones (excluding diaryl/α,β-unsaturated/α-hetero) is 1. The highest BCUT2D eigenvalue weighted by atomic mass is 79.9. The lowest BCUT2D eigenvalue weighted by molar-refractivity contribution is 0.0994. The van der Waals surface area contributed by atoms with E-state index in [4.69, 9.17) is 11.6 Å². The molecule has 0 N–H and O–H groups in total. The first-order valence-corrected chi connectivity index (χ1v) is 7.56. The van der Waals surface area contributed by atoms with Gasteiger partial charge in [-0.3, -0.25) is 4.79 Å². The molecule has 1 aromatic carbocycles. The van der Waals surface area contributed by atoms with Gasteiger partial charge in [0.25, 0.3) is 0 Å². The zero-order chi connectivity index (χ0) is 12.4. The highest BCUT2D eigenvalue weighted by molar-refractivity contribution is 9.11. The molecule has 2 rings (SSSR count). The molecule has 5 heteroatoms. The van der Waals surface area contributed by atoms with Crippen LogP contribution in [0, 0.1) is 0 Å². The van der Waals surface area contributed by atoms with Crippen molar-refractivity contribution in [1.82, 2.24) is 0 Å². The van der Waals surface area contributed by atoms with Gasteiger partial charge in [-0.25, -0.2) is 0 Å². The molecule has 0 fully saturated rings. The zero-order valence-electron chi connectivity index (χ0n) is 8.54. The monoisotopic (exact) mass is 392 g/mol. The molecule has 0 aliphatic heterocycles. The van der Waals surface area contributed by atoms with E-state index < -0.39 is 0 Å². The maximum atomic E-state index is 12.0. The van der Waals surface area contributed by atoms with Crippen LogP contribution in [0.2, 0.25) is 5.02 Å². The van der Waals surface area contributed by atoms with E-state index in [1.54, 1.807) is 29.5 Å². The van der Waals surface area contributed by atoms with Gasteiger partial charge in [-0.05, 0) is 46.3 Å². The molecule has 0 saturated heterocycles. The van der Waals surface area contributed by atoms with Crippen molar-refractivity contribution in [3.63, 3.8) is 0 Å². The summed E-state index contributed by atoms with van der Waals surface area (Å²) in [6.45, 7) is 0. The maximum absolute atomic E-state index is 12.0. The van der Waals surface area contributed by atoms with Gasteiger partial charge in [-0.2, -0.15) is 0 Å². The molecule has 0 saturated carbocycles. The molecule has 0 spiro atoms. The molecule has 0 atom stereocenters. The molecule has 0 aliphatic rings. The molecule has 17 heavy (non-hydrogen) atoms. The Hall–Kier alpha value is -0.160. The number of hydrogen-bond acceptors (Lipinski definition) is 2. The van der Waals surface area contributed by atoms with Crippen molar-refractivity contribution >= 4 is 60.6 Å². The van der Waals surface area contributed by atoms with Crippen molar-refractivity contribution in [3.05, 3.63) is 54.1 Å². The third-order valence-electron chi connectivity index (χ3n) is 2.15. The third-order valence-corrected chi connectivity index (χ3v) is 4.45. The second kappa shape index (κ2) is 5.65. The van der Waals surface area contributed by atoms with Gasteiger partial charge < -0.3 is 0 Å². The number of ketones is 1. The Bertz CT molecular complexity index is 545. The molecule has 1 heterocycles. The number of carbonyl (C=O) groups is 1. The Morgan fingerprint density at radius 1 is 1.24 bits per heavy atom. The summed E-state index contributed by atoms with van der Waals surface area (Å²) in [6.07, 6.45) is 0.406. The third kappa shape index (κ3) is 3.65. The first-order chi connectivity index (χ1) is 8.04. The van der Waals surface area contributed by atoms with Crippen molar-refractivity contribution in [2.75, 3.05) is 0 Å². The van der Waals surface area contributed by atoms with E-state index >= 15 is 0 Å². The van der Waals surface area contributed by atoms with Crippen LogP contribution in [0.1, 0.15) is 15.2 Å². The Balaban J connectivity index is 2.19. The van der Waals surface area contributed by atoms with Gasteiger partial charge >= 0.3 is 0 Å². The summed E-state index contributed by atoms with van der Waals surface area (Å²) in [4.78, 5) is 13.1. The van der Waals surface area contributed by atoms with E-state index in [2.05, 4.69) is 31.9 Å². The number of hydrogen-bond donors (Lipinski definition) is 0. The minimum absolute atomic E-state index is 0.0718. The second-order valence-corrected chi connectivity index (χ2v) is 7.36. The van der Waals surface area contributed by atoms with E-state index in [-0.39, 0.29) is 5.78 Å². The van der Waals surface area contributed by atoms with E-state index in [0.717, 1.165) is 13.1 Å². The largest absolute Gasteiger partial charge is 0.294 e. The van der Waals surface area contributed by atoms with Gasteiger partial charge in [0.2, 0.25) is 0 Å². The normalized spacial score (nSPS) is 10.5. The Labute approximate surface area is 125 Å². The van der Waals surface area contributed by atoms with Crippen molar-refractivity contribution < 1.29 is 4.79 Å². The van der Waals surface area contributed by atoms with Crippen LogP contribution in [0.15, 0.2) is 38.6 Å². The molecule has 0 amide bonds. The molecule has 0 radical (unpaired) electrons. The first-order valence-electron chi connectivity index (χ1n) is 4.78. The van der Waals surface area contributed by atoms with Crippen LogP contribution >= 0.6 is 54.8 Å². The number of benzene rings is 1. The van der Waals surface area contributed by atoms with E-state index in [0.29, 0.717) is 17.0 Å². The molecular formula is C12H7Br2ClOS. The first kappa shape index (κ1) is 13.3. The fourth-order valence-corrected chi connectivity index (χ4v) is 3.76. The topological polar surface area (TPSA) is 17.1 Å². The van der Waals surface area contributed by atoms with Gasteiger partial charge in [0.1, 0.15) is 0 Å². The predicted molar refractivity (Wildman–Crippen MR) is 79.2 cm³/mol. The van der Waals surface area contributed by atoms with Gasteiger partial charge in [-0.1, -0.05) is 27.5 Å². The van der Waals surface area contributed by atoms with Gasteiger partial charge in [0.15, 0.2) is 5.78 Å². The molecule has 0 aliphatic carbocycles. The van der Waals surface area contributed by atoms with E-state index in [1.807, 2.05) is 12.1 Å². The molecule has 1 aromatic heterocycles. The Morgan fingerprint density at radius 3 is 2.59 bits per heavy atom. The quantitative estimate of drug-likeness (QED) is 0.641. The van der Waals surface area contributed by atoms with Crippen LogP contribution in [-0.2, 0) is 6.42 Å². The van der Waals surface area contributed by atoms with Crippen molar-refractivity contribution in [2.24, 2.45) is 0 Å². The van der Waals surface area contributed by atoms with Gasteiger partial charge in [0, 0.05) is 26.4 Å².